The average molecular weight is 485 g/mol. The molecule has 4 rings (SSSR count). The summed E-state index contributed by atoms with van der Waals surface area (Å²) in [7, 11) is 0. The summed E-state index contributed by atoms with van der Waals surface area (Å²) in [6.45, 7) is 1.31. The fourth-order valence-electron chi connectivity index (χ4n) is 3.96. The Morgan fingerprint density at radius 1 is 1.15 bits per heavy atom. The van der Waals surface area contributed by atoms with Gasteiger partial charge in [-0.1, -0.05) is 23.8 Å². The van der Waals surface area contributed by atoms with E-state index in [1.54, 1.807) is 4.90 Å². The first-order valence-corrected chi connectivity index (χ1v) is 11.5. The molecule has 2 heterocycles. The number of esters is 1. The molecule has 1 aromatic heterocycles. The van der Waals surface area contributed by atoms with Gasteiger partial charge in [0.25, 0.3) is 5.91 Å². The molecule has 9 heteroatoms. The van der Waals surface area contributed by atoms with Crippen LogP contribution >= 0.6 is 11.3 Å². The molecule has 34 heavy (non-hydrogen) atoms. The number of nitrogens with one attached hydrogen (secondary N) is 1. The van der Waals surface area contributed by atoms with Crippen molar-refractivity contribution in [2.75, 3.05) is 16.8 Å². The summed E-state index contributed by atoms with van der Waals surface area (Å²) in [5.74, 6) is -3.88. The van der Waals surface area contributed by atoms with Gasteiger partial charge < -0.3 is 15.0 Å². The summed E-state index contributed by atoms with van der Waals surface area (Å²) >= 11 is 1.43. The summed E-state index contributed by atoms with van der Waals surface area (Å²) in [6, 6.07) is 13.3. The van der Waals surface area contributed by atoms with E-state index in [2.05, 4.69) is 5.32 Å². The normalized spacial score (nSPS) is 18.0. The Kier molecular flexibility index (Phi) is 7.02. The Bertz CT molecular complexity index is 1200. The van der Waals surface area contributed by atoms with Crippen molar-refractivity contribution < 1.29 is 27.9 Å². The number of rotatable bonds is 6. The molecule has 2 atom stereocenters. The zero-order valence-electron chi connectivity index (χ0n) is 18.3. The molecule has 2 aromatic carbocycles. The van der Waals surface area contributed by atoms with Crippen molar-refractivity contribution in [2.24, 2.45) is 5.92 Å². The van der Waals surface area contributed by atoms with E-state index >= 15 is 0 Å². The standard InChI is InChI=1S/C25H22F2N2O4S/c1-15-4-7-17(8-5-15)29-23(31)11-9-18(24(29)21-3-2-12-34-21)25(32)33-14-22(30)28-20-10-6-16(26)13-19(20)27/h2-8,10,12-13,18,24H,9,11,14H2,1H3,(H,28,30)/t18-,24-/m1/s1. The number of aryl methyl sites for hydroxylation is 1. The molecule has 0 unspecified atom stereocenters. The number of benzene rings is 2. The number of thiophene rings is 1. The number of halogens is 2. The van der Waals surface area contributed by atoms with Crippen molar-refractivity contribution in [1.82, 2.24) is 0 Å². The quantitative estimate of drug-likeness (QED) is 0.500. The van der Waals surface area contributed by atoms with E-state index < -0.39 is 42.1 Å². The van der Waals surface area contributed by atoms with E-state index in [0.717, 1.165) is 22.6 Å². The number of carbonyl (C=O) groups is 3. The third-order valence-corrected chi connectivity index (χ3v) is 6.54. The van der Waals surface area contributed by atoms with Crippen LogP contribution in [-0.4, -0.2) is 24.4 Å². The van der Waals surface area contributed by atoms with Crippen LogP contribution < -0.4 is 10.2 Å². The van der Waals surface area contributed by atoms with Gasteiger partial charge in [0.1, 0.15) is 11.6 Å². The second-order valence-corrected chi connectivity index (χ2v) is 8.96. The van der Waals surface area contributed by atoms with E-state index in [4.69, 9.17) is 4.74 Å². The second-order valence-electron chi connectivity index (χ2n) is 7.98. The molecule has 0 radical (unpaired) electrons. The van der Waals surface area contributed by atoms with Gasteiger partial charge in [0.2, 0.25) is 5.91 Å². The molecular weight excluding hydrogens is 462 g/mol. The van der Waals surface area contributed by atoms with Gasteiger partial charge in [-0.3, -0.25) is 14.4 Å². The lowest BCUT2D eigenvalue weighted by Crippen LogP contribution is -2.46. The van der Waals surface area contributed by atoms with Gasteiger partial charge in [0, 0.05) is 23.1 Å². The molecule has 6 nitrogen and oxygen atoms in total. The molecule has 1 N–H and O–H groups in total. The minimum Gasteiger partial charge on any atom is -0.455 e. The summed E-state index contributed by atoms with van der Waals surface area (Å²) in [4.78, 5) is 40.6. The van der Waals surface area contributed by atoms with Gasteiger partial charge in [-0.2, -0.15) is 0 Å². The minimum atomic E-state index is -0.933. The monoisotopic (exact) mass is 484 g/mol. The number of carbonyl (C=O) groups excluding carboxylic acids is 3. The van der Waals surface area contributed by atoms with Gasteiger partial charge in [-0.15, -0.1) is 11.3 Å². The van der Waals surface area contributed by atoms with Crippen LogP contribution in [0.25, 0.3) is 0 Å². The van der Waals surface area contributed by atoms with Crippen LogP contribution in [0, 0.1) is 24.5 Å². The minimum absolute atomic E-state index is 0.101. The van der Waals surface area contributed by atoms with Gasteiger partial charge in [0.05, 0.1) is 17.6 Å². The largest absolute Gasteiger partial charge is 0.455 e. The van der Waals surface area contributed by atoms with Crippen molar-refractivity contribution in [2.45, 2.75) is 25.8 Å². The highest BCUT2D eigenvalue weighted by atomic mass is 32.1. The van der Waals surface area contributed by atoms with Crippen molar-refractivity contribution in [3.8, 4) is 0 Å². The maximum atomic E-state index is 13.8. The molecule has 0 spiro atoms. The van der Waals surface area contributed by atoms with Crippen LogP contribution in [-0.2, 0) is 19.1 Å². The smallest absolute Gasteiger partial charge is 0.311 e. The molecule has 1 fully saturated rings. The first-order valence-electron chi connectivity index (χ1n) is 10.7. The van der Waals surface area contributed by atoms with Gasteiger partial charge in [-0.25, -0.2) is 8.78 Å². The summed E-state index contributed by atoms with van der Waals surface area (Å²) in [5.41, 5.74) is 1.50. The lowest BCUT2D eigenvalue weighted by Gasteiger charge is -2.39. The molecule has 0 bridgehead atoms. The maximum Gasteiger partial charge on any atom is 0.311 e. The molecular formula is C25H22F2N2O4S. The van der Waals surface area contributed by atoms with Crippen LogP contribution in [0.2, 0.25) is 0 Å². The lowest BCUT2D eigenvalue weighted by atomic mass is 9.87. The van der Waals surface area contributed by atoms with E-state index in [9.17, 15) is 23.2 Å². The third-order valence-electron chi connectivity index (χ3n) is 5.60. The lowest BCUT2D eigenvalue weighted by molar-refractivity contribution is -0.153. The number of piperidine rings is 1. The second kappa shape index (κ2) is 10.1. The van der Waals surface area contributed by atoms with Crippen LogP contribution in [0.5, 0.6) is 0 Å². The summed E-state index contributed by atoms with van der Waals surface area (Å²) in [6.07, 6.45) is 0.430. The maximum absolute atomic E-state index is 13.8. The Balaban J connectivity index is 1.50. The molecule has 1 saturated heterocycles. The highest BCUT2D eigenvalue weighted by Crippen LogP contribution is 2.42. The predicted molar refractivity (Wildman–Crippen MR) is 124 cm³/mol. The fraction of sp³-hybridized carbons (Fsp3) is 0.240. The average Bonchev–Trinajstić information content (AvgIpc) is 3.34. The fourth-order valence-corrected chi connectivity index (χ4v) is 4.84. The van der Waals surface area contributed by atoms with Crippen molar-refractivity contribution >= 4 is 40.5 Å². The van der Waals surface area contributed by atoms with Crippen LogP contribution in [0.3, 0.4) is 0 Å². The molecule has 0 aliphatic carbocycles. The van der Waals surface area contributed by atoms with Crippen molar-refractivity contribution in [3.63, 3.8) is 0 Å². The van der Waals surface area contributed by atoms with Crippen molar-refractivity contribution in [3.05, 3.63) is 82.1 Å². The summed E-state index contributed by atoms with van der Waals surface area (Å²) < 4.78 is 32.1. The first kappa shape index (κ1) is 23.6. The number of nitrogens with zero attached hydrogens (tertiary/aromatic N) is 1. The third kappa shape index (κ3) is 5.14. The van der Waals surface area contributed by atoms with E-state index in [0.29, 0.717) is 11.8 Å². The highest BCUT2D eigenvalue weighted by molar-refractivity contribution is 7.10. The van der Waals surface area contributed by atoms with Gasteiger partial charge in [0.15, 0.2) is 6.61 Å². The Hall–Kier alpha value is -3.59. The number of anilines is 2. The predicted octanol–water partition coefficient (Wildman–Crippen LogP) is 5.00. The Labute approximate surface area is 199 Å². The van der Waals surface area contributed by atoms with Crippen molar-refractivity contribution in [1.29, 1.82) is 0 Å². The molecule has 1 aliphatic heterocycles. The Morgan fingerprint density at radius 2 is 1.91 bits per heavy atom. The zero-order valence-corrected chi connectivity index (χ0v) is 19.1. The van der Waals surface area contributed by atoms with E-state index in [-0.39, 0.29) is 24.4 Å². The number of hydrogen-bond donors (Lipinski definition) is 1. The number of hydrogen-bond acceptors (Lipinski definition) is 5. The topological polar surface area (TPSA) is 75.7 Å². The van der Waals surface area contributed by atoms with E-state index in [1.165, 1.54) is 11.3 Å². The SMILES string of the molecule is Cc1ccc(N2C(=O)CC[C@@H](C(=O)OCC(=O)Nc3ccc(F)cc3F)[C@@H]2c2cccs2)cc1. The molecule has 1 aliphatic rings. The molecule has 0 saturated carbocycles. The van der Waals surface area contributed by atoms with Crippen LogP contribution in [0.4, 0.5) is 20.2 Å². The number of ether oxygens (including phenoxy) is 1. The zero-order chi connectivity index (χ0) is 24.2. The molecule has 176 valence electrons. The summed E-state index contributed by atoms with van der Waals surface area (Å²) in [5, 5.41) is 4.13. The van der Waals surface area contributed by atoms with Gasteiger partial charge >= 0.3 is 5.97 Å². The first-order chi connectivity index (χ1) is 16.3. The number of amides is 2. The van der Waals surface area contributed by atoms with Crippen LogP contribution in [0.1, 0.15) is 29.3 Å². The molecule has 3 aromatic rings. The van der Waals surface area contributed by atoms with E-state index in [1.807, 2.05) is 48.7 Å². The van der Waals surface area contributed by atoms with Crippen LogP contribution in [0.15, 0.2) is 60.0 Å². The van der Waals surface area contributed by atoms with Gasteiger partial charge in [-0.05, 0) is 49.1 Å². The molecule has 2 amide bonds. The highest BCUT2D eigenvalue weighted by Gasteiger charge is 2.43. The Morgan fingerprint density at radius 3 is 2.59 bits per heavy atom.